The lowest BCUT2D eigenvalue weighted by Gasteiger charge is -2.03. The molecule has 7 heteroatoms. The van der Waals surface area contributed by atoms with Crippen LogP contribution in [0.2, 0.25) is 0 Å². The Morgan fingerprint density at radius 3 is 3.00 bits per heavy atom. The van der Waals surface area contributed by atoms with E-state index in [0.29, 0.717) is 21.8 Å². The number of methoxy groups -OCH3 is 1. The number of hydrogen-bond donors (Lipinski definition) is 0. The van der Waals surface area contributed by atoms with Gasteiger partial charge in [-0.05, 0) is 28.0 Å². The van der Waals surface area contributed by atoms with Gasteiger partial charge in [0.2, 0.25) is 0 Å². The number of aromatic nitrogens is 3. The zero-order valence-corrected chi connectivity index (χ0v) is 10.9. The molecule has 2 aromatic rings. The monoisotopic (exact) mass is 299 g/mol. The maximum atomic E-state index is 11.9. The van der Waals surface area contributed by atoms with Crippen molar-refractivity contribution in [3.05, 3.63) is 38.7 Å². The number of rotatable bonds is 3. The normalized spacial score (nSPS) is 10.5. The first-order chi connectivity index (χ1) is 8.11. The summed E-state index contributed by atoms with van der Waals surface area (Å²) in [5.74, 6) is 0.911. The first-order valence-electron chi connectivity index (χ1n) is 4.83. The Hall–Kier alpha value is -1.63. The zero-order chi connectivity index (χ0) is 12.4. The highest BCUT2D eigenvalue weighted by Gasteiger charge is 2.09. The average Bonchev–Trinajstić information content (AvgIpc) is 2.78. The highest BCUT2D eigenvalue weighted by atomic mass is 79.9. The van der Waals surface area contributed by atoms with Gasteiger partial charge >= 0.3 is 0 Å². The second kappa shape index (κ2) is 4.70. The summed E-state index contributed by atoms with van der Waals surface area (Å²) in [4.78, 5) is 15.9. The number of hydrogen-bond acceptors (Lipinski definition) is 5. The van der Waals surface area contributed by atoms with Crippen LogP contribution in [0.25, 0.3) is 0 Å². The Kier molecular flexibility index (Phi) is 3.28. The van der Waals surface area contributed by atoms with Gasteiger partial charge in [0.05, 0.1) is 25.7 Å². The molecule has 0 saturated carbocycles. The molecule has 0 saturated heterocycles. The summed E-state index contributed by atoms with van der Waals surface area (Å²) in [5, 5.41) is 3.66. The molecule has 0 aliphatic rings. The zero-order valence-electron chi connectivity index (χ0n) is 9.31. The third kappa shape index (κ3) is 2.38. The first kappa shape index (κ1) is 11.8. The van der Waals surface area contributed by atoms with Crippen LogP contribution in [0.3, 0.4) is 0 Å². The van der Waals surface area contributed by atoms with E-state index in [1.54, 1.807) is 13.0 Å². The molecule has 0 N–H and O–H groups in total. The molecule has 2 heterocycles. The van der Waals surface area contributed by atoms with Gasteiger partial charge in [0, 0.05) is 6.07 Å². The lowest BCUT2D eigenvalue weighted by atomic mass is 10.4. The highest BCUT2D eigenvalue weighted by Crippen LogP contribution is 2.12. The van der Waals surface area contributed by atoms with Gasteiger partial charge < -0.3 is 9.26 Å². The summed E-state index contributed by atoms with van der Waals surface area (Å²) in [6.07, 6.45) is 1.47. The smallest absolute Gasteiger partial charge is 0.268 e. The van der Waals surface area contributed by atoms with Crippen molar-refractivity contribution >= 4 is 15.9 Å². The summed E-state index contributed by atoms with van der Waals surface area (Å²) in [5.41, 5.74) is 0.495. The Balaban J connectivity index is 2.30. The quantitative estimate of drug-likeness (QED) is 0.856. The highest BCUT2D eigenvalue weighted by molar-refractivity contribution is 9.10. The van der Waals surface area contributed by atoms with E-state index in [9.17, 15) is 4.79 Å². The van der Waals surface area contributed by atoms with Crippen LogP contribution in [0.1, 0.15) is 11.5 Å². The molecule has 0 fully saturated rings. The molecule has 17 heavy (non-hydrogen) atoms. The summed E-state index contributed by atoms with van der Waals surface area (Å²) in [6.45, 7) is 2.02. The van der Waals surface area contributed by atoms with Gasteiger partial charge in [-0.15, -0.1) is 0 Å². The maximum absolute atomic E-state index is 11.9. The molecule has 0 aromatic carbocycles. The second-order valence-electron chi connectivity index (χ2n) is 3.41. The van der Waals surface area contributed by atoms with Crippen LogP contribution in [0, 0.1) is 6.92 Å². The Labute approximate surface area is 105 Å². The van der Waals surface area contributed by atoms with Crippen LogP contribution >= 0.6 is 15.9 Å². The molecule has 2 rings (SSSR count). The number of ether oxygens (including phenoxy) is 1. The summed E-state index contributed by atoms with van der Waals surface area (Å²) in [7, 11) is 1.50. The number of halogens is 1. The summed E-state index contributed by atoms with van der Waals surface area (Å²) in [6, 6.07) is 1.63. The minimum absolute atomic E-state index is 0.159. The van der Waals surface area contributed by atoms with Crippen LogP contribution in [-0.2, 0) is 6.54 Å². The van der Waals surface area contributed by atoms with Crippen molar-refractivity contribution in [2.24, 2.45) is 0 Å². The van der Waals surface area contributed by atoms with Crippen molar-refractivity contribution < 1.29 is 9.26 Å². The first-order valence-corrected chi connectivity index (χ1v) is 5.62. The standard InChI is InChI=1S/C10H10BrN3O3/c1-6-9(11)10(15)14(5-12-6)4-7-3-8(16-2)13-17-7/h3,5H,4H2,1-2H3. The van der Waals surface area contributed by atoms with Crippen molar-refractivity contribution in [1.29, 1.82) is 0 Å². The molecule has 2 aromatic heterocycles. The van der Waals surface area contributed by atoms with Crippen molar-refractivity contribution in [2.75, 3.05) is 7.11 Å². The van der Waals surface area contributed by atoms with Crippen molar-refractivity contribution in [1.82, 2.24) is 14.7 Å². The fourth-order valence-electron chi connectivity index (χ4n) is 1.29. The molecule has 0 spiro atoms. The summed E-state index contributed by atoms with van der Waals surface area (Å²) >= 11 is 3.20. The van der Waals surface area contributed by atoms with E-state index in [1.165, 1.54) is 18.0 Å². The molecule has 0 amide bonds. The molecule has 90 valence electrons. The molecular weight excluding hydrogens is 290 g/mol. The van der Waals surface area contributed by atoms with Crippen molar-refractivity contribution in [3.63, 3.8) is 0 Å². The van der Waals surface area contributed by atoms with E-state index in [1.807, 2.05) is 0 Å². The van der Waals surface area contributed by atoms with Crippen LogP contribution in [-0.4, -0.2) is 21.8 Å². The lowest BCUT2D eigenvalue weighted by molar-refractivity contribution is 0.323. The van der Waals surface area contributed by atoms with Crippen LogP contribution in [0.5, 0.6) is 5.88 Å². The molecule has 0 radical (unpaired) electrons. The van der Waals surface area contributed by atoms with E-state index < -0.39 is 0 Å². The largest absolute Gasteiger partial charge is 0.479 e. The van der Waals surface area contributed by atoms with Crippen molar-refractivity contribution in [2.45, 2.75) is 13.5 Å². The van der Waals surface area contributed by atoms with Gasteiger partial charge in [0.15, 0.2) is 5.76 Å². The van der Waals surface area contributed by atoms with Crippen molar-refractivity contribution in [3.8, 4) is 5.88 Å². The van der Waals surface area contributed by atoms with E-state index >= 15 is 0 Å². The second-order valence-corrected chi connectivity index (χ2v) is 4.21. The summed E-state index contributed by atoms with van der Waals surface area (Å²) < 4.78 is 11.8. The van der Waals surface area contributed by atoms with E-state index in [4.69, 9.17) is 9.26 Å². The van der Waals surface area contributed by atoms with Gasteiger partial charge in [-0.2, -0.15) is 0 Å². The minimum atomic E-state index is -0.159. The minimum Gasteiger partial charge on any atom is -0.479 e. The van der Waals surface area contributed by atoms with Gasteiger partial charge in [0.1, 0.15) is 4.47 Å². The molecular formula is C10H10BrN3O3. The van der Waals surface area contributed by atoms with E-state index in [-0.39, 0.29) is 12.1 Å². The molecule has 0 bridgehead atoms. The predicted octanol–water partition coefficient (Wildman–Crippen LogP) is 1.36. The van der Waals surface area contributed by atoms with E-state index in [0.717, 1.165) is 0 Å². The Bertz CT molecular complexity index is 591. The molecule has 0 atom stereocenters. The van der Waals surface area contributed by atoms with Crippen LogP contribution < -0.4 is 10.3 Å². The third-order valence-electron chi connectivity index (χ3n) is 2.23. The Morgan fingerprint density at radius 1 is 1.59 bits per heavy atom. The fourth-order valence-corrected chi connectivity index (χ4v) is 1.62. The van der Waals surface area contributed by atoms with E-state index in [2.05, 4.69) is 26.1 Å². The lowest BCUT2D eigenvalue weighted by Crippen LogP contribution is -2.22. The average molecular weight is 300 g/mol. The Morgan fingerprint density at radius 2 is 2.35 bits per heavy atom. The maximum Gasteiger partial charge on any atom is 0.268 e. The van der Waals surface area contributed by atoms with Crippen LogP contribution in [0.4, 0.5) is 0 Å². The molecule has 0 aliphatic heterocycles. The van der Waals surface area contributed by atoms with Gasteiger partial charge in [0.25, 0.3) is 11.4 Å². The predicted molar refractivity (Wildman–Crippen MR) is 63.1 cm³/mol. The SMILES string of the molecule is COc1cc(Cn2cnc(C)c(Br)c2=O)on1. The number of aryl methyl sites for hydroxylation is 1. The topological polar surface area (TPSA) is 70.2 Å². The molecule has 6 nitrogen and oxygen atoms in total. The van der Waals surface area contributed by atoms with Gasteiger partial charge in [-0.3, -0.25) is 9.36 Å². The molecule has 0 aliphatic carbocycles. The van der Waals surface area contributed by atoms with Gasteiger partial charge in [-0.25, -0.2) is 4.98 Å². The van der Waals surface area contributed by atoms with Gasteiger partial charge in [-0.1, -0.05) is 0 Å². The fraction of sp³-hybridized carbons (Fsp3) is 0.300. The number of nitrogens with zero attached hydrogens (tertiary/aromatic N) is 3. The third-order valence-corrected chi connectivity index (χ3v) is 3.14. The van der Waals surface area contributed by atoms with Crippen LogP contribution in [0.15, 0.2) is 26.2 Å². The molecule has 0 unspecified atom stereocenters.